The molecule has 3 atom stereocenters. The molecule has 0 unspecified atom stereocenters. The van der Waals surface area contributed by atoms with Gasteiger partial charge in [0, 0.05) is 13.1 Å². The Morgan fingerprint density at radius 2 is 2.07 bits per heavy atom. The van der Waals surface area contributed by atoms with Crippen LogP contribution in [0.5, 0.6) is 0 Å². The molecule has 2 aliphatic rings. The first-order valence-corrected chi connectivity index (χ1v) is 5.61. The zero-order valence-electron chi connectivity index (χ0n) is 8.98. The van der Waals surface area contributed by atoms with Gasteiger partial charge < -0.3 is 10.0 Å². The zero-order valence-corrected chi connectivity index (χ0v) is 8.98. The highest BCUT2D eigenvalue weighted by molar-refractivity contribution is 5.89. The van der Waals surface area contributed by atoms with Crippen LogP contribution in [-0.2, 0) is 9.59 Å². The average molecular weight is 211 g/mol. The normalized spacial score (nSPS) is 35.0. The number of amides is 1. The fourth-order valence-corrected chi connectivity index (χ4v) is 2.36. The summed E-state index contributed by atoms with van der Waals surface area (Å²) in [5.74, 6) is -0.834. The van der Waals surface area contributed by atoms with E-state index in [-0.39, 0.29) is 11.8 Å². The van der Waals surface area contributed by atoms with Gasteiger partial charge in [-0.3, -0.25) is 9.59 Å². The maximum atomic E-state index is 11.9. The van der Waals surface area contributed by atoms with Gasteiger partial charge in [-0.2, -0.15) is 0 Å². The number of carbonyl (C=O) groups excluding carboxylic acids is 1. The molecule has 4 nitrogen and oxygen atoms in total. The molecule has 0 spiro atoms. The second-order valence-electron chi connectivity index (χ2n) is 4.82. The van der Waals surface area contributed by atoms with Gasteiger partial charge in [-0.1, -0.05) is 6.92 Å². The van der Waals surface area contributed by atoms with Crippen molar-refractivity contribution in [3.8, 4) is 0 Å². The average Bonchev–Trinajstić information content (AvgIpc) is 2.96. The molecule has 0 radical (unpaired) electrons. The molecule has 84 valence electrons. The minimum absolute atomic E-state index is 0.0638. The van der Waals surface area contributed by atoms with Crippen molar-refractivity contribution >= 4 is 11.9 Å². The lowest BCUT2D eigenvalue weighted by Gasteiger charge is -2.31. The van der Waals surface area contributed by atoms with E-state index < -0.39 is 11.9 Å². The number of nitrogens with zero attached hydrogens (tertiary/aromatic N) is 1. The van der Waals surface area contributed by atoms with Crippen LogP contribution in [0.3, 0.4) is 0 Å². The predicted octanol–water partition coefficient (Wildman–Crippen LogP) is 0.966. The summed E-state index contributed by atoms with van der Waals surface area (Å²) in [6.07, 6.45) is 2.77. The molecule has 0 aromatic rings. The van der Waals surface area contributed by atoms with Crippen LogP contribution in [-0.4, -0.2) is 35.0 Å². The number of aliphatic carboxylic acids is 1. The van der Waals surface area contributed by atoms with Crippen molar-refractivity contribution in [3.05, 3.63) is 0 Å². The second kappa shape index (κ2) is 3.83. The predicted molar refractivity (Wildman–Crippen MR) is 54.2 cm³/mol. The summed E-state index contributed by atoms with van der Waals surface area (Å²) in [5.41, 5.74) is 0. The molecule has 0 aromatic carbocycles. The lowest BCUT2D eigenvalue weighted by molar-refractivity contribution is -0.142. The highest BCUT2D eigenvalue weighted by Gasteiger charge is 2.49. The number of carboxylic acids is 1. The Bertz CT molecular complexity index is 290. The van der Waals surface area contributed by atoms with E-state index in [4.69, 9.17) is 5.11 Å². The largest absolute Gasteiger partial charge is 0.481 e. The Labute approximate surface area is 89.3 Å². The number of hydrogen-bond donors (Lipinski definition) is 1. The Morgan fingerprint density at radius 3 is 2.60 bits per heavy atom. The van der Waals surface area contributed by atoms with E-state index in [1.807, 2.05) is 4.90 Å². The topological polar surface area (TPSA) is 57.6 Å². The van der Waals surface area contributed by atoms with E-state index >= 15 is 0 Å². The summed E-state index contributed by atoms with van der Waals surface area (Å²) in [7, 11) is 0. The van der Waals surface area contributed by atoms with E-state index in [1.165, 1.54) is 6.42 Å². The minimum Gasteiger partial charge on any atom is -0.481 e. The number of likely N-dealkylation sites (tertiary alicyclic amines) is 1. The number of carbonyl (C=O) groups is 2. The van der Waals surface area contributed by atoms with Crippen molar-refractivity contribution in [1.29, 1.82) is 0 Å². The Kier molecular flexibility index (Phi) is 2.67. The first-order chi connectivity index (χ1) is 7.09. The van der Waals surface area contributed by atoms with E-state index in [0.29, 0.717) is 12.3 Å². The van der Waals surface area contributed by atoms with Crippen LogP contribution < -0.4 is 0 Å². The van der Waals surface area contributed by atoms with Crippen molar-refractivity contribution in [1.82, 2.24) is 4.90 Å². The Balaban J connectivity index is 1.89. The maximum Gasteiger partial charge on any atom is 0.307 e. The van der Waals surface area contributed by atoms with Crippen molar-refractivity contribution in [3.63, 3.8) is 0 Å². The van der Waals surface area contributed by atoms with Crippen molar-refractivity contribution in [2.75, 3.05) is 13.1 Å². The molecule has 1 heterocycles. The number of piperidine rings is 1. The van der Waals surface area contributed by atoms with Gasteiger partial charge in [0.15, 0.2) is 0 Å². The molecule has 0 bridgehead atoms. The summed E-state index contributed by atoms with van der Waals surface area (Å²) in [6.45, 7) is 3.76. The zero-order chi connectivity index (χ0) is 11.0. The van der Waals surface area contributed by atoms with Gasteiger partial charge in [0.25, 0.3) is 0 Å². The molecule has 1 aliphatic carbocycles. The summed E-state index contributed by atoms with van der Waals surface area (Å²) < 4.78 is 0. The third-order valence-corrected chi connectivity index (χ3v) is 3.39. The lowest BCUT2D eigenvalue weighted by atomic mass is 10.00. The second-order valence-corrected chi connectivity index (χ2v) is 4.82. The standard InChI is InChI=1S/C11H17NO3/c1-7-3-2-4-12(6-7)10(13)8-5-9(8)11(14)15/h7-9H,2-6H2,1H3,(H,14,15)/t7-,8+,9+/m1/s1. The number of carboxylic acid groups (broad SMARTS) is 1. The van der Waals surface area contributed by atoms with Gasteiger partial charge in [0.2, 0.25) is 5.91 Å². The van der Waals surface area contributed by atoms with Crippen LogP contribution in [0.2, 0.25) is 0 Å². The highest BCUT2D eigenvalue weighted by atomic mass is 16.4. The van der Waals surface area contributed by atoms with Crippen LogP contribution in [0.25, 0.3) is 0 Å². The first-order valence-electron chi connectivity index (χ1n) is 5.61. The summed E-state index contributed by atoms with van der Waals surface area (Å²) in [4.78, 5) is 24.4. The van der Waals surface area contributed by atoms with E-state index in [1.54, 1.807) is 0 Å². The molecule has 15 heavy (non-hydrogen) atoms. The Morgan fingerprint density at radius 1 is 1.33 bits per heavy atom. The van der Waals surface area contributed by atoms with Crippen LogP contribution in [0.4, 0.5) is 0 Å². The lowest BCUT2D eigenvalue weighted by Crippen LogP contribution is -2.40. The van der Waals surface area contributed by atoms with Crippen molar-refractivity contribution in [2.24, 2.45) is 17.8 Å². The molecule has 2 fully saturated rings. The first kappa shape index (κ1) is 10.5. The fraction of sp³-hybridized carbons (Fsp3) is 0.818. The van der Waals surface area contributed by atoms with Crippen LogP contribution in [0.15, 0.2) is 0 Å². The van der Waals surface area contributed by atoms with Gasteiger partial charge in [-0.25, -0.2) is 0 Å². The molecule has 1 saturated heterocycles. The van der Waals surface area contributed by atoms with Gasteiger partial charge in [0.1, 0.15) is 0 Å². The molecule has 1 amide bonds. The summed E-state index contributed by atoms with van der Waals surface area (Å²) in [5, 5.41) is 8.75. The Hall–Kier alpha value is -1.06. The van der Waals surface area contributed by atoms with Crippen molar-refractivity contribution in [2.45, 2.75) is 26.2 Å². The molecular weight excluding hydrogens is 194 g/mol. The third kappa shape index (κ3) is 2.13. The third-order valence-electron chi connectivity index (χ3n) is 3.39. The fourth-order valence-electron chi connectivity index (χ4n) is 2.36. The van der Waals surface area contributed by atoms with Gasteiger partial charge in [-0.05, 0) is 25.2 Å². The summed E-state index contributed by atoms with van der Waals surface area (Å²) >= 11 is 0. The van der Waals surface area contributed by atoms with Crippen LogP contribution >= 0.6 is 0 Å². The van der Waals surface area contributed by atoms with Crippen LogP contribution in [0, 0.1) is 17.8 Å². The molecular formula is C11H17NO3. The van der Waals surface area contributed by atoms with E-state index in [0.717, 1.165) is 19.5 Å². The molecule has 4 heteroatoms. The molecule has 1 N–H and O–H groups in total. The van der Waals surface area contributed by atoms with Crippen molar-refractivity contribution < 1.29 is 14.7 Å². The minimum atomic E-state index is -0.821. The summed E-state index contributed by atoms with van der Waals surface area (Å²) in [6, 6.07) is 0. The van der Waals surface area contributed by atoms with Crippen LogP contribution in [0.1, 0.15) is 26.2 Å². The number of rotatable bonds is 2. The smallest absolute Gasteiger partial charge is 0.307 e. The molecule has 1 saturated carbocycles. The molecule has 0 aromatic heterocycles. The maximum absolute atomic E-state index is 11.9. The molecule has 2 rings (SSSR count). The SMILES string of the molecule is C[C@@H]1CCCN(C(=O)[C@H]2C[C@@H]2C(=O)O)C1. The van der Waals surface area contributed by atoms with Gasteiger partial charge in [-0.15, -0.1) is 0 Å². The number of hydrogen-bond acceptors (Lipinski definition) is 2. The monoisotopic (exact) mass is 211 g/mol. The highest BCUT2D eigenvalue weighted by Crippen LogP contribution is 2.40. The van der Waals surface area contributed by atoms with Gasteiger partial charge >= 0.3 is 5.97 Å². The van der Waals surface area contributed by atoms with Gasteiger partial charge in [0.05, 0.1) is 11.8 Å². The quantitative estimate of drug-likeness (QED) is 0.740. The van der Waals surface area contributed by atoms with E-state index in [2.05, 4.69) is 6.92 Å². The molecule has 1 aliphatic heterocycles. The van der Waals surface area contributed by atoms with E-state index in [9.17, 15) is 9.59 Å².